The Labute approximate surface area is 111 Å². The lowest BCUT2D eigenvalue weighted by molar-refractivity contribution is -0.130. The molecule has 1 aromatic rings. The molecule has 0 bridgehead atoms. The Kier molecular flexibility index (Phi) is 3.37. The minimum atomic E-state index is -0.396. The highest BCUT2D eigenvalue weighted by molar-refractivity contribution is 6.07. The molecule has 1 aromatic heterocycles. The van der Waals surface area contributed by atoms with Crippen LogP contribution in [-0.4, -0.2) is 30.1 Å². The maximum Gasteiger partial charge on any atom is 0.363 e. The number of aliphatic imine (C=N–C) groups is 1. The summed E-state index contributed by atoms with van der Waals surface area (Å²) in [5, 5.41) is 0. The van der Waals surface area contributed by atoms with Crippen LogP contribution in [0.4, 0.5) is 0 Å². The van der Waals surface area contributed by atoms with Gasteiger partial charge in [0.05, 0.1) is 5.69 Å². The molecule has 0 saturated carbocycles. The van der Waals surface area contributed by atoms with Gasteiger partial charge in [-0.2, -0.15) is 0 Å². The zero-order valence-electron chi connectivity index (χ0n) is 10.4. The summed E-state index contributed by atoms with van der Waals surface area (Å²) in [6, 6.07) is 5.51. The Hall–Kier alpha value is -2.01. The lowest BCUT2D eigenvalue weighted by Crippen LogP contribution is -2.24. The first-order valence-electron chi connectivity index (χ1n) is 6.34. The summed E-state index contributed by atoms with van der Waals surface area (Å²) < 4.78 is 10.5. The minimum Gasteiger partial charge on any atom is -0.406 e. The highest BCUT2D eigenvalue weighted by Crippen LogP contribution is 2.24. The van der Waals surface area contributed by atoms with E-state index in [0.717, 1.165) is 12.8 Å². The molecule has 2 aliphatic rings. The van der Waals surface area contributed by atoms with Gasteiger partial charge in [0.1, 0.15) is 0 Å². The van der Waals surface area contributed by atoms with Crippen molar-refractivity contribution in [3.63, 3.8) is 0 Å². The molecule has 2 aliphatic heterocycles. The molecule has 0 radical (unpaired) electrons. The number of cyclic esters (lactones) is 1. The largest absolute Gasteiger partial charge is 0.406 e. The van der Waals surface area contributed by atoms with Gasteiger partial charge in [0.15, 0.2) is 5.70 Å². The molecule has 5 heteroatoms. The molecule has 0 N–H and O–H groups in total. The van der Waals surface area contributed by atoms with Crippen molar-refractivity contribution in [1.82, 2.24) is 4.98 Å². The van der Waals surface area contributed by atoms with Crippen LogP contribution in [0.25, 0.3) is 6.08 Å². The quantitative estimate of drug-likeness (QED) is 0.599. The average molecular weight is 258 g/mol. The van der Waals surface area contributed by atoms with Gasteiger partial charge < -0.3 is 9.47 Å². The van der Waals surface area contributed by atoms with E-state index in [1.807, 2.05) is 18.2 Å². The van der Waals surface area contributed by atoms with Crippen molar-refractivity contribution in [3.8, 4) is 0 Å². The molecule has 1 saturated heterocycles. The van der Waals surface area contributed by atoms with Crippen LogP contribution in [-0.2, 0) is 14.3 Å². The van der Waals surface area contributed by atoms with Gasteiger partial charge in [-0.05, 0) is 31.1 Å². The number of nitrogens with zero attached hydrogens (tertiary/aromatic N) is 2. The Bertz CT molecular complexity index is 531. The number of carbonyl (C=O) groups excluding carboxylic acids is 1. The van der Waals surface area contributed by atoms with Gasteiger partial charge in [-0.3, -0.25) is 4.98 Å². The maximum atomic E-state index is 11.8. The molecule has 0 unspecified atom stereocenters. The zero-order chi connectivity index (χ0) is 13.1. The topological polar surface area (TPSA) is 60.8 Å². The smallest absolute Gasteiger partial charge is 0.363 e. The molecule has 1 fully saturated rings. The van der Waals surface area contributed by atoms with Crippen LogP contribution in [0.1, 0.15) is 18.5 Å². The number of pyridine rings is 1. The van der Waals surface area contributed by atoms with E-state index < -0.39 is 5.97 Å². The fraction of sp³-hybridized carbons (Fsp3) is 0.357. The van der Waals surface area contributed by atoms with Crippen molar-refractivity contribution >= 4 is 17.9 Å². The molecular formula is C14H14N2O3. The summed E-state index contributed by atoms with van der Waals surface area (Å²) in [6.07, 6.45) is 5.02. The lowest BCUT2D eigenvalue weighted by atomic mass is 10.0. The maximum absolute atomic E-state index is 11.8. The Morgan fingerprint density at radius 1 is 1.26 bits per heavy atom. The average Bonchev–Trinajstić information content (AvgIpc) is 2.82. The first-order valence-corrected chi connectivity index (χ1v) is 6.34. The lowest BCUT2D eigenvalue weighted by Gasteiger charge is -2.20. The predicted octanol–water partition coefficient (Wildman–Crippen LogP) is 1.80. The highest BCUT2D eigenvalue weighted by atomic mass is 16.6. The van der Waals surface area contributed by atoms with Crippen molar-refractivity contribution < 1.29 is 14.3 Å². The van der Waals surface area contributed by atoms with E-state index in [1.165, 1.54) is 0 Å². The van der Waals surface area contributed by atoms with Crippen molar-refractivity contribution in [2.24, 2.45) is 10.9 Å². The van der Waals surface area contributed by atoms with E-state index >= 15 is 0 Å². The number of rotatable bonds is 2. The first-order chi connectivity index (χ1) is 9.33. The SMILES string of the molecule is O=C1OC(C2CCOCC2)=N/C1=C/c1ccccn1. The minimum absolute atomic E-state index is 0.187. The molecule has 0 aromatic carbocycles. The molecule has 0 amide bonds. The first kappa shape index (κ1) is 12.0. The van der Waals surface area contributed by atoms with Crippen molar-refractivity contribution in [2.45, 2.75) is 12.8 Å². The van der Waals surface area contributed by atoms with Gasteiger partial charge in [0, 0.05) is 25.3 Å². The van der Waals surface area contributed by atoms with Crippen molar-refractivity contribution in [2.75, 3.05) is 13.2 Å². The number of carbonyl (C=O) groups is 1. The molecule has 3 rings (SSSR count). The summed E-state index contributed by atoms with van der Waals surface area (Å²) in [5.41, 5.74) is 1.02. The number of hydrogen-bond donors (Lipinski definition) is 0. The molecular weight excluding hydrogens is 244 g/mol. The van der Waals surface area contributed by atoms with Crippen LogP contribution in [0.3, 0.4) is 0 Å². The monoisotopic (exact) mass is 258 g/mol. The molecule has 5 nitrogen and oxygen atoms in total. The normalized spacial score (nSPS) is 22.4. The van der Waals surface area contributed by atoms with E-state index in [4.69, 9.17) is 9.47 Å². The third kappa shape index (κ3) is 2.71. The molecule has 3 heterocycles. The van der Waals surface area contributed by atoms with Gasteiger partial charge in [0.2, 0.25) is 5.90 Å². The number of hydrogen-bond acceptors (Lipinski definition) is 5. The van der Waals surface area contributed by atoms with Crippen LogP contribution < -0.4 is 0 Å². The van der Waals surface area contributed by atoms with Crippen LogP contribution in [0, 0.1) is 5.92 Å². The molecule has 0 atom stereocenters. The van der Waals surface area contributed by atoms with Crippen LogP contribution in [0.5, 0.6) is 0 Å². The standard InChI is InChI=1S/C14H14N2O3/c17-14-12(9-11-3-1-2-6-15-11)16-13(19-14)10-4-7-18-8-5-10/h1-3,6,9-10H,4-5,7-8H2/b12-9+. The third-order valence-corrected chi connectivity index (χ3v) is 3.18. The predicted molar refractivity (Wildman–Crippen MR) is 69.3 cm³/mol. The molecule has 98 valence electrons. The van der Waals surface area contributed by atoms with E-state index in [0.29, 0.717) is 30.5 Å². The summed E-state index contributed by atoms with van der Waals surface area (Å²) in [4.78, 5) is 20.2. The summed E-state index contributed by atoms with van der Waals surface area (Å²) in [5.74, 6) is 0.315. The van der Waals surface area contributed by atoms with Gasteiger partial charge in [-0.25, -0.2) is 9.79 Å². The molecule has 0 aliphatic carbocycles. The van der Waals surface area contributed by atoms with E-state index in [9.17, 15) is 4.79 Å². The van der Waals surface area contributed by atoms with E-state index in [2.05, 4.69) is 9.98 Å². The van der Waals surface area contributed by atoms with Crippen LogP contribution in [0.15, 0.2) is 35.1 Å². The number of esters is 1. The second-order valence-electron chi connectivity index (χ2n) is 4.51. The van der Waals surface area contributed by atoms with Gasteiger partial charge in [-0.1, -0.05) is 6.07 Å². The van der Waals surface area contributed by atoms with Crippen LogP contribution in [0.2, 0.25) is 0 Å². The fourth-order valence-electron chi connectivity index (χ4n) is 2.15. The van der Waals surface area contributed by atoms with Gasteiger partial charge >= 0.3 is 5.97 Å². The zero-order valence-corrected chi connectivity index (χ0v) is 10.4. The Morgan fingerprint density at radius 2 is 2.11 bits per heavy atom. The summed E-state index contributed by atoms with van der Waals surface area (Å²) in [6.45, 7) is 1.39. The second-order valence-corrected chi connectivity index (χ2v) is 4.51. The Balaban J connectivity index is 1.81. The second kappa shape index (κ2) is 5.32. The molecule has 19 heavy (non-hydrogen) atoms. The van der Waals surface area contributed by atoms with Gasteiger partial charge in [0.25, 0.3) is 0 Å². The van der Waals surface area contributed by atoms with Gasteiger partial charge in [-0.15, -0.1) is 0 Å². The van der Waals surface area contributed by atoms with E-state index in [-0.39, 0.29) is 5.92 Å². The van der Waals surface area contributed by atoms with Crippen molar-refractivity contribution in [1.29, 1.82) is 0 Å². The summed E-state index contributed by atoms with van der Waals surface area (Å²) >= 11 is 0. The van der Waals surface area contributed by atoms with Crippen LogP contribution >= 0.6 is 0 Å². The summed E-state index contributed by atoms with van der Waals surface area (Å²) in [7, 11) is 0. The van der Waals surface area contributed by atoms with Crippen molar-refractivity contribution in [3.05, 3.63) is 35.8 Å². The third-order valence-electron chi connectivity index (χ3n) is 3.18. The molecule has 0 spiro atoms. The highest BCUT2D eigenvalue weighted by Gasteiger charge is 2.30. The Morgan fingerprint density at radius 3 is 2.84 bits per heavy atom. The number of ether oxygens (including phenoxy) is 2. The fourth-order valence-corrected chi connectivity index (χ4v) is 2.15. The van der Waals surface area contributed by atoms with E-state index in [1.54, 1.807) is 12.3 Å². The number of aromatic nitrogens is 1.